The van der Waals surface area contributed by atoms with Gasteiger partial charge in [0.05, 0.1) is 4.90 Å². The molecule has 0 fully saturated rings. The third-order valence-corrected chi connectivity index (χ3v) is 3.51. The van der Waals surface area contributed by atoms with Crippen LogP contribution in [0.4, 0.5) is 0 Å². The van der Waals surface area contributed by atoms with E-state index in [0.717, 1.165) is 5.56 Å². The first-order valence-electron chi connectivity index (χ1n) is 5.78. The molecule has 5 nitrogen and oxygen atoms in total. The molecule has 1 aromatic carbocycles. The van der Waals surface area contributed by atoms with Crippen LogP contribution in [-0.2, 0) is 14.8 Å². The van der Waals surface area contributed by atoms with Crippen LogP contribution in [0.15, 0.2) is 51.8 Å². The molecule has 20 heavy (non-hydrogen) atoms. The summed E-state index contributed by atoms with van der Waals surface area (Å²) < 4.78 is 27.8. The fourth-order valence-corrected chi connectivity index (χ4v) is 2.12. The van der Waals surface area contributed by atoms with Gasteiger partial charge in [-0.3, -0.25) is 4.79 Å². The van der Waals surface area contributed by atoms with Crippen molar-refractivity contribution in [3.63, 3.8) is 0 Å². The second kappa shape index (κ2) is 5.44. The van der Waals surface area contributed by atoms with Crippen LogP contribution in [0.3, 0.4) is 0 Å². The third kappa shape index (κ3) is 3.43. The first kappa shape index (κ1) is 14.2. The van der Waals surface area contributed by atoms with E-state index in [2.05, 4.69) is 0 Å². The molecule has 0 spiro atoms. The Balaban J connectivity index is 2.27. The maximum atomic E-state index is 11.1. The average molecular weight is 291 g/mol. The summed E-state index contributed by atoms with van der Waals surface area (Å²) in [7, 11) is -3.69. The minimum absolute atomic E-state index is 0.0458. The van der Waals surface area contributed by atoms with Crippen molar-refractivity contribution >= 4 is 21.9 Å². The standard InChI is InChI=1S/C14H13NO4S/c1-10(16)2-5-12-6-9-14(19-12)11-3-7-13(8-4-11)20(15,17)18/h2-9H,1H3,(H2,15,17,18). The molecule has 0 aliphatic rings. The Morgan fingerprint density at radius 2 is 1.80 bits per heavy atom. The molecule has 0 aliphatic carbocycles. The molecule has 104 valence electrons. The van der Waals surface area contributed by atoms with Gasteiger partial charge in [0, 0.05) is 5.56 Å². The van der Waals surface area contributed by atoms with Crippen LogP contribution in [0.25, 0.3) is 17.4 Å². The van der Waals surface area contributed by atoms with Crippen LogP contribution in [0.5, 0.6) is 0 Å². The molecule has 1 aromatic heterocycles. The smallest absolute Gasteiger partial charge is 0.238 e. The van der Waals surface area contributed by atoms with Gasteiger partial charge < -0.3 is 4.42 Å². The molecule has 2 aromatic rings. The topological polar surface area (TPSA) is 90.4 Å². The number of rotatable bonds is 4. The van der Waals surface area contributed by atoms with Gasteiger partial charge in [-0.2, -0.15) is 0 Å². The Morgan fingerprint density at radius 3 is 2.35 bits per heavy atom. The van der Waals surface area contributed by atoms with Crippen molar-refractivity contribution in [1.82, 2.24) is 0 Å². The maximum absolute atomic E-state index is 11.1. The number of ketones is 1. The monoisotopic (exact) mass is 291 g/mol. The molecule has 0 aliphatic heterocycles. The number of primary sulfonamides is 1. The SMILES string of the molecule is CC(=O)C=Cc1ccc(-c2ccc(S(N)(=O)=O)cc2)o1. The molecule has 0 amide bonds. The number of furan rings is 1. The lowest BCUT2D eigenvalue weighted by molar-refractivity contribution is -0.112. The largest absolute Gasteiger partial charge is 0.457 e. The predicted octanol–water partition coefficient (Wildman–Crippen LogP) is 2.20. The number of hydrogen-bond donors (Lipinski definition) is 1. The summed E-state index contributed by atoms with van der Waals surface area (Å²) in [5, 5.41) is 5.03. The highest BCUT2D eigenvalue weighted by molar-refractivity contribution is 7.89. The highest BCUT2D eigenvalue weighted by Gasteiger charge is 2.09. The van der Waals surface area contributed by atoms with Crippen LogP contribution in [0.2, 0.25) is 0 Å². The van der Waals surface area contributed by atoms with Gasteiger partial charge in [-0.1, -0.05) is 0 Å². The zero-order chi connectivity index (χ0) is 14.8. The molecular formula is C14H13NO4S. The molecule has 0 saturated heterocycles. The highest BCUT2D eigenvalue weighted by Crippen LogP contribution is 2.24. The molecule has 0 bridgehead atoms. The van der Waals surface area contributed by atoms with Gasteiger partial charge in [-0.15, -0.1) is 0 Å². The van der Waals surface area contributed by atoms with Crippen molar-refractivity contribution in [3.8, 4) is 11.3 Å². The van der Waals surface area contributed by atoms with Crippen LogP contribution in [-0.4, -0.2) is 14.2 Å². The van der Waals surface area contributed by atoms with Crippen LogP contribution < -0.4 is 5.14 Å². The fraction of sp³-hybridized carbons (Fsp3) is 0.0714. The van der Waals surface area contributed by atoms with E-state index in [1.165, 1.54) is 25.1 Å². The Bertz CT molecular complexity index is 755. The van der Waals surface area contributed by atoms with Gasteiger partial charge in [-0.05, 0) is 55.5 Å². The highest BCUT2D eigenvalue weighted by atomic mass is 32.2. The molecule has 0 radical (unpaired) electrons. The van der Waals surface area contributed by atoms with Crippen LogP contribution in [0, 0.1) is 0 Å². The van der Waals surface area contributed by atoms with Gasteiger partial charge >= 0.3 is 0 Å². The van der Waals surface area contributed by atoms with Gasteiger partial charge in [0.2, 0.25) is 10.0 Å². The lowest BCUT2D eigenvalue weighted by Gasteiger charge is -2.00. The number of carbonyl (C=O) groups is 1. The molecule has 2 N–H and O–H groups in total. The van der Waals surface area contributed by atoms with Gasteiger partial charge in [0.15, 0.2) is 5.78 Å². The lowest BCUT2D eigenvalue weighted by atomic mass is 10.2. The molecule has 2 rings (SSSR count). The average Bonchev–Trinajstić information content (AvgIpc) is 2.84. The summed E-state index contributed by atoms with van der Waals surface area (Å²) in [6.07, 6.45) is 2.98. The number of sulfonamides is 1. The summed E-state index contributed by atoms with van der Waals surface area (Å²) in [4.78, 5) is 10.9. The van der Waals surface area contributed by atoms with E-state index in [4.69, 9.17) is 9.56 Å². The van der Waals surface area contributed by atoms with Crippen LogP contribution in [0.1, 0.15) is 12.7 Å². The van der Waals surface area contributed by atoms with E-state index in [-0.39, 0.29) is 10.7 Å². The van der Waals surface area contributed by atoms with Gasteiger partial charge in [0.1, 0.15) is 11.5 Å². The summed E-state index contributed by atoms with van der Waals surface area (Å²) in [6, 6.07) is 9.51. The Hall–Kier alpha value is -2.18. The maximum Gasteiger partial charge on any atom is 0.238 e. The van der Waals surface area contributed by atoms with E-state index >= 15 is 0 Å². The summed E-state index contributed by atoms with van der Waals surface area (Å²) in [5.41, 5.74) is 0.722. The Labute approximate surface area is 116 Å². The van der Waals surface area contributed by atoms with Crippen molar-refractivity contribution < 1.29 is 17.6 Å². The number of allylic oxidation sites excluding steroid dienone is 1. The Morgan fingerprint density at radius 1 is 1.15 bits per heavy atom. The molecule has 0 unspecified atom stereocenters. The van der Waals surface area contributed by atoms with E-state index in [1.807, 2.05) is 0 Å². The number of carbonyl (C=O) groups excluding carboxylic acids is 1. The molecule has 0 saturated carbocycles. The third-order valence-electron chi connectivity index (χ3n) is 2.58. The van der Waals surface area contributed by atoms with E-state index in [9.17, 15) is 13.2 Å². The first-order chi connectivity index (χ1) is 9.36. The molecule has 1 heterocycles. The normalized spacial score (nSPS) is 11.9. The minimum Gasteiger partial charge on any atom is -0.457 e. The Kier molecular flexibility index (Phi) is 3.87. The molecular weight excluding hydrogens is 278 g/mol. The summed E-state index contributed by atoms with van der Waals surface area (Å²) in [5.74, 6) is 1.06. The van der Waals surface area contributed by atoms with E-state index in [1.54, 1.807) is 30.3 Å². The molecule has 0 atom stereocenters. The summed E-state index contributed by atoms with van der Waals surface area (Å²) >= 11 is 0. The van der Waals surface area contributed by atoms with Crippen molar-refractivity contribution in [3.05, 3.63) is 48.2 Å². The van der Waals surface area contributed by atoms with E-state index in [0.29, 0.717) is 11.5 Å². The first-order valence-corrected chi connectivity index (χ1v) is 7.32. The molecule has 6 heteroatoms. The van der Waals surface area contributed by atoms with Crippen molar-refractivity contribution in [2.24, 2.45) is 5.14 Å². The minimum atomic E-state index is -3.69. The van der Waals surface area contributed by atoms with Crippen molar-refractivity contribution in [2.45, 2.75) is 11.8 Å². The quantitative estimate of drug-likeness (QED) is 0.874. The second-order valence-electron chi connectivity index (χ2n) is 4.22. The van der Waals surface area contributed by atoms with E-state index < -0.39 is 10.0 Å². The number of benzene rings is 1. The predicted molar refractivity (Wildman–Crippen MR) is 75.2 cm³/mol. The zero-order valence-corrected chi connectivity index (χ0v) is 11.6. The van der Waals surface area contributed by atoms with Gasteiger partial charge in [0.25, 0.3) is 0 Å². The van der Waals surface area contributed by atoms with Gasteiger partial charge in [-0.25, -0.2) is 13.6 Å². The lowest BCUT2D eigenvalue weighted by Crippen LogP contribution is -2.11. The summed E-state index contributed by atoms with van der Waals surface area (Å²) in [6.45, 7) is 1.45. The van der Waals surface area contributed by atoms with Crippen LogP contribution >= 0.6 is 0 Å². The number of nitrogens with two attached hydrogens (primary N) is 1. The number of hydrogen-bond acceptors (Lipinski definition) is 4. The van der Waals surface area contributed by atoms with Crippen molar-refractivity contribution in [1.29, 1.82) is 0 Å². The fourth-order valence-electron chi connectivity index (χ4n) is 1.61. The second-order valence-corrected chi connectivity index (χ2v) is 5.78. The zero-order valence-electron chi connectivity index (χ0n) is 10.7. The van der Waals surface area contributed by atoms with Crippen molar-refractivity contribution in [2.75, 3.05) is 0 Å².